The first-order valence-electron chi connectivity index (χ1n) is 22.2. The van der Waals surface area contributed by atoms with Crippen molar-refractivity contribution in [3.63, 3.8) is 0 Å². The SMILES string of the molecule is CC1(C)c2ccccc2-c2cc3c(-c4ccc(-n5c(-c6ccccc6)nnc5-c5ccccc5)cc4)c4ccccc4c(-c4cc5c6ccccc6ccc5c5ccccc45)c3cc21. The number of hydrogen-bond donors (Lipinski definition) is 0. The molecule has 1 aliphatic rings. The first-order valence-corrected chi connectivity index (χ1v) is 22.2. The van der Waals surface area contributed by atoms with Gasteiger partial charge in [-0.2, -0.15) is 0 Å². The zero-order valence-electron chi connectivity index (χ0n) is 35.5. The van der Waals surface area contributed by atoms with Crippen molar-refractivity contribution in [2.45, 2.75) is 19.3 Å². The minimum Gasteiger partial charge on any atom is -0.275 e. The fourth-order valence-corrected chi connectivity index (χ4v) is 10.9. The first kappa shape index (κ1) is 36.5. The molecule has 0 unspecified atom stereocenters. The van der Waals surface area contributed by atoms with Crippen LogP contribution in [0, 0.1) is 0 Å². The van der Waals surface area contributed by atoms with Gasteiger partial charge in [-0.3, -0.25) is 4.57 Å². The molecule has 3 nitrogen and oxygen atoms in total. The summed E-state index contributed by atoms with van der Waals surface area (Å²) < 4.78 is 2.19. The highest BCUT2D eigenvalue weighted by atomic mass is 15.3. The third kappa shape index (κ3) is 5.34. The van der Waals surface area contributed by atoms with Crippen LogP contribution < -0.4 is 0 Å². The van der Waals surface area contributed by atoms with Crippen LogP contribution in [0.25, 0.3) is 116 Å². The van der Waals surface area contributed by atoms with Gasteiger partial charge in [0.15, 0.2) is 11.6 Å². The predicted octanol–water partition coefficient (Wildman–Crippen LogP) is 16.0. The second kappa shape index (κ2) is 13.9. The van der Waals surface area contributed by atoms with Crippen LogP contribution in [0.1, 0.15) is 25.0 Å². The Hall–Kier alpha value is -8.14. The van der Waals surface area contributed by atoms with E-state index < -0.39 is 0 Å². The number of hydrogen-bond acceptors (Lipinski definition) is 2. The molecule has 0 atom stereocenters. The van der Waals surface area contributed by atoms with Crippen LogP contribution in [-0.2, 0) is 5.41 Å². The van der Waals surface area contributed by atoms with Crippen molar-refractivity contribution in [1.29, 1.82) is 0 Å². The third-order valence-corrected chi connectivity index (χ3v) is 13.9. The summed E-state index contributed by atoms with van der Waals surface area (Å²) in [5, 5.41) is 22.1. The van der Waals surface area contributed by atoms with Gasteiger partial charge in [0.1, 0.15) is 0 Å². The van der Waals surface area contributed by atoms with Crippen molar-refractivity contribution in [2.75, 3.05) is 0 Å². The van der Waals surface area contributed by atoms with Gasteiger partial charge in [-0.15, -0.1) is 10.2 Å². The van der Waals surface area contributed by atoms with Crippen LogP contribution in [0.2, 0.25) is 0 Å². The van der Waals surface area contributed by atoms with E-state index >= 15 is 0 Å². The van der Waals surface area contributed by atoms with Gasteiger partial charge >= 0.3 is 0 Å². The van der Waals surface area contributed by atoms with Crippen molar-refractivity contribution >= 4 is 53.9 Å². The van der Waals surface area contributed by atoms with Crippen LogP contribution in [0.15, 0.2) is 212 Å². The molecule has 1 aromatic heterocycles. The minimum absolute atomic E-state index is 0.168. The van der Waals surface area contributed by atoms with Crippen LogP contribution in [-0.4, -0.2) is 14.8 Å². The minimum atomic E-state index is -0.168. The van der Waals surface area contributed by atoms with Crippen molar-refractivity contribution < 1.29 is 0 Å². The monoisotopic (exact) mass is 815 g/mol. The van der Waals surface area contributed by atoms with Crippen LogP contribution in [0.4, 0.5) is 0 Å². The summed E-state index contributed by atoms with van der Waals surface area (Å²) in [4.78, 5) is 0. The number of benzene rings is 11. The second-order valence-electron chi connectivity index (χ2n) is 17.7. The van der Waals surface area contributed by atoms with Gasteiger partial charge in [0.25, 0.3) is 0 Å². The summed E-state index contributed by atoms with van der Waals surface area (Å²) in [5.41, 5.74) is 13.1. The van der Waals surface area contributed by atoms with E-state index in [1.807, 2.05) is 12.1 Å². The number of aromatic nitrogens is 3. The van der Waals surface area contributed by atoms with Crippen molar-refractivity contribution in [1.82, 2.24) is 14.8 Å². The quantitative estimate of drug-likeness (QED) is 0.128. The van der Waals surface area contributed by atoms with E-state index in [-0.39, 0.29) is 5.41 Å². The molecule has 0 saturated heterocycles. The number of rotatable bonds is 5. The molecule has 0 bridgehead atoms. The van der Waals surface area contributed by atoms with E-state index in [0.29, 0.717) is 0 Å². The lowest BCUT2D eigenvalue weighted by Gasteiger charge is -2.24. The molecule has 0 N–H and O–H groups in total. The van der Waals surface area contributed by atoms with E-state index in [4.69, 9.17) is 10.2 Å². The molecule has 3 heteroatoms. The van der Waals surface area contributed by atoms with Gasteiger partial charge in [0.2, 0.25) is 0 Å². The lowest BCUT2D eigenvalue weighted by molar-refractivity contribution is 0.661. The van der Waals surface area contributed by atoms with Gasteiger partial charge in [-0.1, -0.05) is 196 Å². The molecule has 13 rings (SSSR count). The van der Waals surface area contributed by atoms with Crippen LogP contribution >= 0.6 is 0 Å². The fourth-order valence-electron chi connectivity index (χ4n) is 10.9. The molecular weight excluding hydrogens is 775 g/mol. The summed E-state index contributed by atoms with van der Waals surface area (Å²) >= 11 is 0. The molecule has 0 aliphatic heterocycles. The van der Waals surface area contributed by atoms with Gasteiger partial charge in [-0.05, 0) is 129 Å². The van der Waals surface area contributed by atoms with Gasteiger partial charge < -0.3 is 0 Å². The third-order valence-electron chi connectivity index (χ3n) is 13.9. The van der Waals surface area contributed by atoms with Crippen LogP contribution in [0.3, 0.4) is 0 Å². The highest BCUT2D eigenvalue weighted by molar-refractivity contribution is 6.28. The topological polar surface area (TPSA) is 30.7 Å². The van der Waals surface area contributed by atoms with Crippen molar-refractivity contribution in [2.24, 2.45) is 0 Å². The Labute approximate surface area is 371 Å². The zero-order chi connectivity index (χ0) is 42.5. The molecule has 1 aliphatic carbocycles. The summed E-state index contributed by atoms with van der Waals surface area (Å²) in [7, 11) is 0. The largest absolute Gasteiger partial charge is 0.275 e. The molecule has 300 valence electrons. The maximum atomic E-state index is 4.77. The Morgan fingerprint density at radius 1 is 0.328 bits per heavy atom. The maximum Gasteiger partial charge on any atom is 0.168 e. The second-order valence-corrected chi connectivity index (χ2v) is 17.7. The molecule has 0 saturated carbocycles. The molecule has 0 fully saturated rings. The summed E-state index contributed by atoms with van der Waals surface area (Å²) in [6.07, 6.45) is 0. The lowest BCUT2D eigenvalue weighted by atomic mass is 9.79. The van der Waals surface area contributed by atoms with Gasteiger partial charge in [-0.25, -0.2) is 0 Å². The van der Waals surface area contributed by atoms with Crippen LogP contribution in [0.5, 0.6) is 0 Å². The fraction of sp³-hybridized carbons (Fsp3) is 0.0492. The van der Waals surface area contributed by atoms with E-state index in [9.17, 15) is 0 Å². The van der Waals surface area contributed by atoms with E-state index in [1.54, 1.807) is 0 Å². The van der Waals surface area contributed by atoms with Gasteiger partial charge in [0, 0.05) is 22.2 Å². The summed E-state index contributed by atoms with van der Waals surface area (Å²) in [6.45, 7) is 4.78. The van der Waals surface area contributed by atoms with E-state index in [1.165, 1.54) is 92.8 Å². The molecule has 0 spiro atoms. The lowest BCUT2D eigenvalue weighted by Crippen LogP contribution is -2.14. The van der Waals surface area contributed by atoms with E-state index in [0.717, 1.165) is 34.0 Å². The standard InChI is InChI=1S/C61H41N3/c1-61(2)55-28-16-15-25-47(55)51-36-53-54(37-56(51)61)58(52-35-50-43-22-10-9-17-38(43)31-34-46(50)44-23-11-12-24-45(44)52)49-27-14-13-26-48(49)57(53)39-29-32-42(33-30-39)64-59(40-18-5-3-6-19-40)62-63-60(64)41-20-7-4-8-21-41/h3-37H,1-2H3. The zero-order valence-corrected chi connectivity index (χ0v) is 35.5. The normalized spacial score (nSPS) is 13.0. The Morgan fingerprint density at radius 3 is 1.56 bits per heavy atom. The predicted molar refractivity (Wildman–Crippen MR) is 268 cm³/mol. The molecular formula is C61H41N3. The summed E-state index contributed by atoms with van der Waals surface area (Å²) in [6, 6.07) is 77.7. The maximum absolute atomic E-state index is 4.77. The molecule has 0 radical (unpaired) electrons. The smallest absolute Gasteiger partial charge is 0.168 e. The first-order chi connectivity index (χ1) is 31.5. The Balaban J connectivity index is 1.12. The number of nitrogens with zero attached hydrogens (tertiary/aromatic N) is 3. The Bertz CT molecular complexity index is 3790. The molecule has 64 heavy (non-hydrogen) atoms. The Morgan fingerprint density at radius 2 is 0.859 bits per heavy atom. The summed E-state index contributed by atoms with van der Waals surface area (Å²) in [5.74, 6) is 1.61. The Kier molecular flexibility index (Phi) is 7.95. The average Bonchev–Trinajstić information content (AvgIpc) is 3.89. The molecule has 0 amide bonds. The highest BCUT2D eigenvalue weighted by Gasteiger charge is 2.36. The van der Waals surface area contributed by atoms with E-state index in [2.05, 4.69) is 219 Å². The highest BCUT2D eigenvalue weighted by Crippen LogP contribution is 2.54. The van der Waals surface area contributed by atoms with Crippen molar-refractivity contribution in [3.8, 4) is 61.8 Å². The average molecular weight is 816 g/mol. The van der Waals surface area contributed by atoms with Gasteiger partial charge in [0.05, 0.1) is 0 Å². The molecule has 11 aromatic carbocycles. The molecule has 1 heterocycles. The van der Waals surface area contributed by atoms with Crippen molar-refractivity contribution in [3.05, 3.63) is 223 Å². The molecule has 12 aromatic rings. The number of fused-ring (bicyclic) bond motifs is 10.